The van der Waals surface area contributed by atoms with Crippen molar-refractivity contribution < 1.29 is 0 Å². The largest absolute Gasteiger partial charge is 0.144 e. The van der Waals surface area contributed by atoms with E-state index in [1.54, 1.807) is 0 Å². The van der Waals surface area contributed by atoms with E-state index in [4.69, 9.17) is 0 Å². The van der Waals surface area contributed by atoms with Gasteiger partial charge >= 0.3 is 0 Å². The van der Waals surface area contributed by atoms with E-state index in [2.05, 4.69) is 114 Å². The number of allylic oxidation sites excluding steroid dienone is 1. The molecule has 0 bridgehead atoms. The molecule has 1 aromatic heterocycles. The summed E-state index contributed by atoms with van der Waals surface area (Å²) >= 11 is 3.75. The summed E-state index contributed by atoms with van der Waals surface area (Å²) < 4.78 is 0. The van der Waals surface area contributed by atoms with Crippen LogP contribution in [0.1, 0.15) is 17.2 Å². The van der Waals surface area contributed by atoms with Crippen LogP contribution in [-0.2, 0) is 0 Å². The molecule has 0 radical (unpaired) electrons. The second-order valence-corrected chi connectivity index (χ2v) is 11.7. The lowest BCUT2D eigenvalue weighted by molar-refractivity contribution is 0.994. The molecule has 0 spiro atoms. The van der Waals surface area contributed by atoms with Gasteiger partial charge in [-0.3, -0.25) is 0 Å². The summed E-state index contributed by atoms with van der Waals surface area (Å²) in [7, 11) is 0. The number of hydrogen-bond donors (Lipinski definition) is 0. The molecule has 0 aliphatic carbocycles. The van der Waals surface area contributed by atoms with Gasteiger partial charge in [0.25, 0.3) is 0 Å². The molecule has 0 saturated carbocycles. The summed E-state index contributed by atoms with van der Waals surface area (Å²) in [6.45, 7) is 0. The number of hydrogen-bond acceptors (Lipinski definition) is 2. The zero-order valence-corrected chi connectivity index (χ0v) is 21.2. The van der Waals surface area contributed by atoms with E-state index < -0.39 is 0 Å². The fourth-order valence-electron chi connectivity index (χ4n) is 6.09. The number of thioether (sulfide) groups is 1. The van der Waals surface area contributed by atoms with Crippen LogP contribution in [0.4, 0.5) is 0 Å². The van der Waals surface area contributed by atoms with Crippen molar-refractivity contribution in [2.24, 2.45) is 0 Å². The first-order valence-corrected chi connectivity index (χ1v) is 14.3. The highest BCUT2D eigenvalue weighted by atomic mass is 32.2. The minimum Gasteiger partial charge on any atom is -0.144 e. The van der Waals surface area contributed by atoms with Gasteiger partial charge in [0.15, 0.2) is 0 Å². The molecule has 36 heavy (non-hydrogen) atoms. The molecule has 0 nitrogen and oxygen atoms in total. The highest BCUT2D eigenvalue weighted by Gasteiger charge is 2.19. The Labute approximate surface area is 217 Å². The second-order valence-electron chi connectivity index (χ2n) is 9.62. The van der Waals surface area contributed by atoms with Crippen molar-refractivity contribution in [2.45, 2.75) is 11.7 Å². The predicted octanol–water partition coefficient (Wildman–Crippen LogP) is 10.9. The molecule has 0 fully saturated rings. The molecule has 2 heteroatoms. The zero-order chi connectivity index (χ0) is 23.6. The molecule has 6 aromatic carbocycles. The minimum atomic E-state index is 0.507. The number of fused-ring (bicyclic) bond motifs is 11. The molecule has 1 unspecified atom stereocenters. The van der Waals surface area contributed by atoms with Crippen LogP contribution in [-0.4, -0.2) is 0 Å². The Balaban J connectivity index is 1.63. The fourth-order valence-corrected chi connectivity index (χ4v) is 7.75. The van der Waals surface area contributed by atoms with Crippen LogP contribution < -0.4 is 0 Å². The van der Waals surface area contributed by atoms with Crippen LogP contribution in [0.3, 0.4) is 0 Å². The third kappa shape index (κ3) is 2.95. The smallest absolute Gasteiger partial charge is 0.0373 e. The summed E-state index contributed by atoms with van der Waals surface area (Å²) in [4.78, 5) is 1.32. The van der Waals surface area contributed by atoms with Gasteiger partial charge in [-0.2, -0.15) is 0 Å². The standard InChI is InChI=1S/C34H22S2/c1-3-9-27-23(7-1)24-8-2-4-10-28(24)34-30-20-22(32-12-6-18-36-32)14-16-26(30)25-15-13-21(19-29(25)33(27)34)31-11-5-17-35-31/h1-11,13-20,32H,12H2. The Kier molecular flexibility index (Phi) is 4.55. The highest BCUT2D eigenvalue weighted by Crippen LogP contribution is 2.46. The van der Waals surface area contributed by atoms with E-state index in [0.29, 0.717) is 5.25 Å². The van der Waals surface area contributed by atoms with Gasteiger partial charge in [-0.05, 0) is 100 Å². The number of thiophene rings is 1. The second kappa shape index (κ2) is 7.96. The van der Waals surface area contributed by atoms with Crippen LogP contribution in [0.5, 0.6) is 0 Å². The Bertz CT molecular complexity index is 1990. The molecule has 8 rings (SSSR count). The molecular formula is C34H22S2. The Morgan fingerprint density at radius 1 is 0.556 bits per heavy atom. The molecule has 0 N–H and O–H groups in total. The van der Waals surface area contributed by atoms with Crippen molar-refractivity contribution in [3.05, 3.63) is 119 Å². The van der Waals surface area contributed by atoms with E-state index in [1.165, 1.54) is 69.9 Å². The van der Waals surface area contributed by atoms with Crippen molar-refractivity contribution in [1.29, 1.82) is 0 Å². The molecule has 0 amide bonds. The van der Waals surface area contributed by atoms with E-state index >= 15 is 0 Å². The lowest BCUT2D eigenvalue weighted by atomic mass is 9.86. The lowest BCUT2D eigenvalue weighted by Gasteiger charge is -2.18. The first-order chi connectivity index (χ1) is 17.9. The number of rotatable bonds is 2. The maximum absolute atomic E-state index is 2.48. The van der Waals surface area contributed by atoms with Gasteiger partial charge in [-0.25, -0.2) is 0 Å². The molecule has 170 valence electrons. The number of benzene rings is 6. The van der Waals surface area contributed by atoms with Crippen molar-refractivity contribution in [3.63, 3.8) is 0 Å². The maximum atomic E-state index is 2.48. The van der Waals surface area contributed by atoms with Crippen LogP contribution in [0.25, 0.3) is 64.3 Å². The molecular weight excluding hydrogens is 473 g/mol. The van der Waals surface area contributed by atoms with Crippen molar-refractivity contribution in [2.75, 3.05) is 0 Å². The van der Waals surface area contributed by atoms with Gasteiger partial charge in [-0.15, -0.1) is 23.1 Å². The SMILES string of the molecule is C1=CSC(c2ccc3c4ccc(-c5cccs5)cc4c4c5ccccc5c5ccccc5c4c3c2)C1. The molecule has 1 aliphatic rings. The Hall–Kier alpha value is -3.59. The van der Waals surface area contributed by atoms with Crippen LogP contribution in [0.2, 0.25) is 0 Å². The topological polar surface area (TPSA) is 0 Å². The average molecular weight is 495 g/mol. The van der Waals surface area contributed by atoms with Crippen LogP contribution in [0.15, 0.2) is 114 Å². The first-order valence-electron chi connectivity index (χ1n) is 12.4. The van der Waals surface area contributed by atoms with Gasteiger partial charge in [0, 0.05) is 10.1 Å². The van der Waals surface area contributed by atoms with Crippen molar-refractivity contribution >= 4 is 77.0 Å². The van der Waals surface area contributed by atoms with E-state index in [9.17, 15) is 0 Å². The summed E-state index contributed by atoms with van der Waals surface area (Å²) in [6.07, 6.45) is 3.41. The molecule has 0 saturated heterocycles. The van der Waals surface area contributed by atoms with Gasteiger partial charge < -0.3 is 0 Å². The first kappa shape index (κ1) is 20.6. The molecule has 7 aromatic rings. The van der Waals surface area contributed by atoms with E-state index in [0.717, 1.165) is 6.42 Å². The summed E-state index contributed by atoms with van der Waals surface area (Å²) in [5.41, 5.74) is 2.71. The predicted molar refractivity (Wildman–Crippen MR) is 161 cm³/mol. The fraction of sp³-hybridized carbons (Fsp3) is 0.0588. The third-order valence-electron chi connectivity index (χ3n) is 7.69. The van der Waals surface area contributed by atoms with Gasteiger partial charge in [0.2, 0.25) is 0 Å². The third-order valence-corrected chi connectivity index (χ3v) is 9.75. The molecule has 2 heterocycles. The normalized spacial score (nSPS) is 15.7. The molecule has 1 aliphatic heterocycles. The summed E-state index contributed by atoms with van der Waals surface area (Å²) in [5, 5.41) is 18.4. The average Bonchev–Trinajstić information content (AvgIpc) is 3.67. The van der Waals surface area contributed by atoms with Gasteiger partial charge in [-0.1, -0.05) is 84.9 Å². The lowest BCUT2D eigenvalue weighted by Crippen LogP contribution is -1.92. The zero-order valence-electron chi connectivity index (χ0n) is 19.6. The van der Waals surface area contributed by atoms with Crippen molar-refractivity contribution in [1.82, 2.24) is 0 Å². The Morgan fingerprint density at radius 2 is 1.19 bits per heavy atom. The highest BCUT2D eigenvalue weighted by molar-refractivity contribution is 8.02. The van der Waals surface area contributed by atoms with Crippen LogP contribution in [0, 0.1) is 0 Å². The molecule has 1 atom stereocenters. The van der Waals surface area contributed by atoms with Gasteiger partial charge in [0.1, 0.15) is 0 Å². The summed E-state index contributed by atoms with van der Waals surface area (Å²) in [6, 6.07) is 36.6. The monoisotopic (exact) mass is 494 g/mol. The van der Waals surface area contributed by atoms with Crippen LogP contribution >= 0.6 is 23.1 Å². The Morgan fingerprint density at radius 3 is 1.83 bits per heavy atom. The minimum absolute atomic E-state index is 0.507. The quantitative estimate of drug-likeness (QED) is 0.215. The maximum Gasteiger partial charge on any atom is 0.0373 e. The van der Waals surface area contributed by atoms with E-state index in [-0.39, 0.29) is 0 Å². The van der Waals surface area contributed by atoms with Gasteiger partial charge in [0.05, 0.1) is 0 Å². The van der Waals surface area contributed by atoms with E-state index in [1.807, 2.05) is 23.1 Å². The summed E-state index contributed by atoms with van der Waals surface area (Å²) in [5.74, 6) is 0. The van der Waals surface area contributed by atoms with Crippen molar-refractivity contribution in [3.8, 4) is 10.4 Å².